The first-order valence-corrected chi connectivity index (χ1v) is 8.27. The first-order chi connectivity index (χ1) is 12.2. The first-order valence-electron chi connectivity index (χ1n) is 8.27. The van der Waals surface area contributed by atoms with Gasteiger partial charge in [0.2, 0.25) is 5.91 Å². The molecule has 0 atom stereocenters. The lowest BCUT2D eigenvalue weighted by molar-refractivity contribution is -0.135. The molecule has 0 aliphatic carbocycles. The standard InChI is InChI=1S/C19H18FN3O2/c20-16-4-1-14(2-5-16)15-3-6-18-17(11-15)21-13-23(18)12-19(24)22-7-9-25-10-8-22/h1-6,11,13H,7-10,12H2. The fraction of sp³-hybridized carbons (Fsp3) is 0.263. The number of rotatable bonds is 3. The van der Waals surface area contributed by atoms with Gasteiger partial charge in [0.15, 0.2) is 0 Å². The number of carbonyl (C=O) groups is 1. The van der Waals surface area contributed by atoms with Gasteiger partial charge in [0.1, 0.15) is 12.4 Å². The van der Waals surface area contributed by atoms with Gasteiger partial charge in [-0.15, -0.1) is 0 Å². The van der Waals surface area contributed by atoms with Crippen molar-refractivity contribution >= 4 is 16.9 Å². The minimum Gasteiger partial charge on any atom is -0.378 e. The average Bonchev–Trinajstić information content (AvgIpc) is 3.05. The van der Waals surface area contributed by atoms with Gasteiger partial charge < -0.3 is 14.2 Å². The van der Waals surface area contributed by atoms with Gasteiger partial charge in [-0.25, -0.2) is 9.37 Å². The Kier molecular flexibility index (Phi) is 4.19. The van der Waals surface area contributed by atoms with Crippen molar-refractivity contribution in [3.05, 3.63) is 54.6 Å². The van der Waals surface area contributed by atoms with E-state index in [9.17, 15) is 9.18 Å². The normalized spacial score (nSPS) is 14.8. The van der Waals surface area contributed by atoms with Crippen molar-refractivity contribution in [1.29, 1.82) is 0 Å². The predicted molar refractivity (Wildman–Crippen MR) is 92.5 cm³/mol. The summed E-state index contributed by atoms with van der Waals surface area (Å²) < 4.78 is 20.2. The van der Waals surface area contributed by atoms with E-state index in [4.69, 9.17) is 4.74 Å². The fourth-order valence-corrected chi connectivity index (χ4v) is 3.07. The zero-order chi connectivity index (χ0) is 17.2. The summed E-state index contributed by atoms with van der Waals surface area (Å²) in [5, 5.41) is 0. The third-order valence-corrected chi connectivity index (χ3v) is 4.47. The van der Waals surface area contributed by atoms with E-state index in [1.54, 1.807) is 18.5 Å². The van der Waals surface area contributed by atoms with Crippen LogP contribution in [-0.2, 0) is 16.1 Å². The van der Waals surface area contributed by atoms with E-state index in [2.05, 4.69) is 4.98 Å². The number of hydrogen-bond donors (Lipinski definition) is 0. The Hall–Kier alpha value is -2.73. The Morgan fingerprint density at radius 1 is 1.08 bits per heavy atom. The smallest absolute Gasteiger partial charge is 0.242 e. The molecule has 2 aromatic carbocycles. The third kappa shape index (κ3) is 3.25. The number of carbonyl (C=O) groups excluding carboxylic acids is 1. The number of morpholine rings is 1. The minimum absolute atomic E-state index is 0.0743. The minimum atomic E-state index is -0.254. The molecule has 1 aliphatic rings. The van der Waals surface area contributed by atoms with Crippen LogP contribution in [-0.4, -0.2) is 46.7 Å². The van der Waals surface area contributed by atoms with Gasteiger partial charge in [0.25, 0.3) is 0 Å². The molecule has 1 saturated heterocycles. The van der Waals surface area contributed by atoms with E-state index in [0.29, 0.717) is 26.3 Å². The number of ether oxygens (including phenoxy) is 1. The Labute approximate surface area is 144 Å². The number of amides is 1. The number of fused-ring (bicyclic) bond motifs is 1. The highest BCUT2D eigenvalue weighted by Crippen LogP contribution is 2.24. The summed E-state index contributed by atoms with van der Waals surface area (Å²) >= 11 is 0. The lowest BCUT2D eigenvalue weighted by Crippen LogP contribution is -2.42. The number of aromatic nitrogens is 2. The molecular weight excluding hydrogens is 321 g/mol. The molecule has 3 aromatic rings. The lowest BCUT2D eigenvalue weighted by Gasteiger charge is -2.27. The molecule has 1 aromatic heterocycles. The number of halogens is 1. The van der Waals surface area contributed by atoms with Crippen LogP contribution in [0.1, 0.15) is 0 Å². The van der Waals surface area contributed by atoms with Crippen LogP contribution in [0.25, 0.3) is 22.2 Å². The molecule has 0 unspecified atom stereocenters. The maximum Gasteiger partial charge on any atom is 0.242 e. The van der Waals surface area contributed by atoms with Crippen LogP contribution in [0.3, 0.4) is 0 Å². The molecule has 1 amide bonds. The second kappa shape index (κ2) is 6.64. The van der Waals surface area contributed by atoms with Crippen LogP contribution < -0.4 is 0 Å². The van der Waals surface area contributed by atoms with Crippen LogP contribution in [0.15, 0.2) is 48.8 Å². The summed E-state index contributed by atoms with van der Waals surface area (Å²) in [7, 11) is 0. The second-order valence-electron chi connectivity index (χ2n) is 6.08. The van der Waals surface area contributed by atoms with Crippen molar-refractivity contribution in [2.75, 3.05) is 26.3 Å². The third-order valence-electron chi connectivity index (χ3n) is 4.47. The molecule has 4 rings (SSSR count). The molecule has 6 heteroatoms. The largest absolute Gasteiger partial charge is 0.378 e. The van der Waals surface area contributed by atoms with E-state index >= 15 is 0 Å². The molecule has 128 valence electrons. The Balaban J connectivity index is 1.57. The van der Waals surface area contributed by atoms with E-state index in [-0.39, 0.29) is 18.3 Å². The van der Waals surface area contributed by atoms with E-state index in [1.807, 2.05) is 27.7 Å². The van der Waals surface area contributed by atoms with Crippen molar-refractivity contribution in [3.63, 3.8) is 0 Å². The van der Waals surface area contributed by atoms with Gasteiger partial charge in [-0.05, 0) is 35.4 Å². The van der Waals surface area contributed by atoms with Crippen LogP contribution in [0.5, 0.6) is 0 Å². The molecule has 1 fully saturated rings. The Morgan fingerprint density at radius 2 is 1.80 bits per heavy atom. The summed E-state index contributed by atoms with van der Waals surface area (Å²) in [6.45, 7) is 2.74. The number of hydrogen-bond acceptors (Lipinski definition) is 3. The lowest BCUT2D eigenvalue weighted by atomic mass is 10.1. The fourth-order valence-electron chi connectivity index (χ4n) is 3.07. The van der Waals surface area contributed by atoms with E-state index in [0.717, 1.165) is 22.2 Å². The van der Waals surface area contributed by atoms with E-state index < -0.39 is 0 Å². The zero-order valence-electron chi connectivity index (χ0n) is 13.7. The van der Waals surface area contributed by atoms with Crippen molar-refractivity contribution in [3.8, 4) is 11.1 Å². The maximum absolute atomic E-state index is 13.1. The van der Waals surface area contributed by atoms with Crippen molar-refractivity contribution < 1.29 is 13.9 Å². The quantitative estimate of drug-likeness (QED) is 0.737. The predicted octanol–water partition coefficient (Wildman–Crippen LogP) is 2.70. The highest BCUT2D eigenvalue weighted by Gasteiger charge is 2.18. The SMILES string of the molecule is O=C(Cn1cnc2cc(-c3ccc(F)cc3)ccc21)N1CCOCC1. The van der Waals surface area contributed by atoms with Crippen molar-refractivity contribution in [1.82, 2.24) is 14.5 Å². The highest BCUT2D eigenvalue weighted by molar-refractivity contribution is 5.84. The van der Waals surface area contributed by atoms with Crippen LogP contribution in [0.2, 0.25) is 0 Å². The average molecular weight is 339 g/mol. The zero-order valence-corrected chi connectivity index (χ0v) is 13.7. The van der Waals surface area contributed by atoms with Crippen LogP contribution in [0, 0.1) is 5.82 Å². The summed E-state index contributed by atoms with van der Waals surface area (Å²) in [5.41, 5.74) is 3.63. The number of imidazole rings is 1. The number of nitrogens with zero attached hydrogens (tertiary/aromatic N) is 3. The summed E-state index contributed by atoms with van der Waals surface area (Å²) in [6, 6.07) is 12.3. The van der Waals surface area contributed by atoms with Crippen molar-refractivity contribution in [2.24, 2.45) is 0 Å². The number of benzene rings is 2. The summed E-state index contributed by atoms with van der Waals surface area (Å²) in [5.74, 6) is -0.180. The van der Waals surface area contributed by atoms with Crippen LogP contribution in [0.4, 0.5) is 4.39 Å². The molecule has 0 radical (unpaired) electrons. The molecule has 25 heavy (non-hydrogen) atoms. The van der Waals surface area contributed by atoms with Gasteiger partial charge in [-0.3, -0.25) is 4.79 Å². The molecule has 2 heterocycles. The Morgan fingerprint density at radius 3 is 2.56 bits per heavy atom. The van der Waals surface area contributed by atoms with Crippen LogP contribution >= 0.6 is 0 Å². The van der Waals surface area contributed by atoms with Gasteiger partial charge in [0, 0.05) is 13.1 Å². The second-order valence-corrected chi connectivity index (χ2v) is 6.08. The van der Waals surface area contributed by atoms with Gasteiger partial charge in [-0.1, -0.05) is 18.2 Å². The first kappa shape index (κ1) is 15.8. The maximum atomic E-state index is 13.1. The molecule has 0 saturated carbocycles. The molecule has 1 aliphatic heterocycles. The van der Waals surface area contributed by atoms with Gasteiger partial charge >= 0.3 is 0 Å². The van der Waals surface area contributed by atoms with Gasteiger partial charge in [-0.2, -0.15) is 0 Å². The highest BCUT2D eigenvalue weighted by atomic mass is 19.1. The molecular formula is C19H18FN3O2. The van der Waals surface area contributed by atoms with E-state index in [1.165, 1.54) is 12.1 Å². The molecule has 0 spiro atoms. The molecule has 5 nitrogen and oxygen atoms in total. The summed E-state index contributed by atoms with van der Waals surface area (Å²) in [4.78, 5) is 18.7. The topological polar surface area (TPSA) is 47.4 Å². The van der Waals surface area contributed by atoms with Gasteiger partial charge in [0.05, 0.1) is 30.6 Å². The molecule has 0 bridgehead atoms. The van der Waals surface area contributed by atoms with Crippen molar-refractivity contribution in [2.45, 2.75) is 6.54 Å². The monoisotopic (exact) mass is 339 g/mol. The summed E-state index contributed by atoms with van der Waals surface area (Å²) in [6.07, 6.45) is 1.69. The molecule has 0 N–H and O–H groups in total. The Bertz CT molecular complexity index is 899.